The second-order valence-electron chi connectivity index (χ2n) is 4.52. The second kappa shape index (κ2) is 6.87. The van der Waals surface area contributed by atoms with Crippen LogP contribution in [0.4, 0.5) is 0 Å². The minimum atomic E-state index is 0.764. The third-order valence-electron chi connectivity index (χ3n) is 3.17. The maximum atomic E-state index is 2.35. The number of hydrogen-bond donors (Lipinski definition) is 0. The quantitative estimate of drug-likeness (QED) is 0.567. The maximum absolute atomic E-state index is 2.35. The summed E-state index contributed by atoms with van der Waals surface area (Å²) in [5, 5.41) is 0. The van der Waals surface area contributed by atoms with Gasteiger partial charge in [0, 0.05) is 5.92 Å². The van der Waals surface area contributed by atoms with Crippen molar-refractivity contribution < 1.29 is 0 Å². The molecule has 0 saturated heterocycles. The van der Waals surface area contributed by atoms with E-state index in [1.807, 2.05) is 0 Å². The SMILES string of the molecule is CCC[C]1C=CC=C(CCC)C1CCC. The summed E-state index contributed by atoms with van der Waals surface area (Å²) in [7, 11) is 0. The van der Waals surface area contributed by atoms with Crippen molar-refractivity contribution in [2.45, 2.75) is 59.3 Å². The Kier molecular flexibility index (Phi) is 5.75. The lowest BCUT2D eigenvalue weighted by Crippen LogP contribution is -2.16. The smallest absolute Gasteiger partial charge is 0.00470 e. The Morgan fingerprint density at radius 2 is 1.73 bits per heavy atom. The van der Waals surface area contributed by atoms with Crippen molar-refractivity contribution in [1.82, 2.24) is 0 Å². The van der Waals surface area contributed by atoms with Crippen molar-refractivity contribution >= 4 is 0 Å². The first-order chi connectivity index (χ1) is 7.33. The Hall–Kier alpha value is -0.520. The minimum absolute atomic E-state index is 0.764. The largest absolute Gasteiger partial charge is 0.0768 e. The molecule has 1 rings (SSSR count). The molecule has 0 aliphatic heterocycles. The molecule has 1 aliphatic carbocycles. The van der Waals surface area contributed by atoms with Gasteiger partial charge in [-0.15, -0.1) is 0 Å². The average molecular weight is 205 g/mol. The van der Waals surface area contributed by atoms with Gasteiger partial charge in [0.2, 0.25) is 0 Å². The molecule has 0 nitrogen and oxygen atoms in total. The molecule has 1 aliphatic rings. The summed E-state index contributed by atoms with van der Waals surface area (Å²) in [6.07, 6.45) is 14.7. The molecule has 0 bridgehead atoms. The van der Waals surface area contributed by atoms with Crippen LogP contribution in [0.15, 0.2) is 23.8 Å². The normalized spacial score (nSPS) is 21.8. The Bertz CT molecular complexity index is 222. The highest BCUT2D eigenvalue weighted by atomic mass is 14.3. The van der Waals surface area contributed by atoms with E-state index < -0.39 is 0 Å². The van der Waals surface area contributed by atoms with Crippen molar-refractivity contribution in [3.05, 3.63) is 29.7 Å². The topological polar surface area (TPSA) is 0 Å². The molecule has 0 aromatic heterocycles. The number of rotatable bonds is 6. The van der Waals surface area contributed by atoms with Crippen LogP contribution in [-0.2, 0) is 0 Å². The van der Waals surface area contributed by atoms with Crippen molar-refractivity contribution in [3.63, 3.8) is 0 Å². The van der Waals surface area contributed by atoms with Gasteiger partial charge in [0.25, 0.3) is 0 Å². The van der Waals surface area contributed by atoms with Crippen molar-refractivity contribution in [3.8, 4) is 0 Å². The van der Waals surface area contributed by atoms with E-state index in [0.717, 1.165) is 5.92 Å². The molecule has 0 aromatic rings. The first-order valence-electron chi connectivity index (χ1n) is 6.56. The van der Waals surface area contributed by atoms with E-state index in [2.05, 4.69) is 39.0 Å². The van der Waals surface area contributed by atoms with Crippen molar-refractivity contribution in [2.24, 2.45) is 5.92 Å². The van der Waals surface area contributed by atoms with Crippen LogP contribution in [-0.4, -0.2) is 0 Å². The van der Waals surface area contributed by atoms with E-state index in [1.165, 1.54) is 38.5 Å². The molecule has 0 amide bonds. The van der Waals surface area contributed by atoms with E-state index in [9.17, 15) is 0 Å². The van der Waals surface area contributed by atoms with E-state index >= 15 is 0 Å². The van der Waals surface area contributed by atoms with E-state index in [-0.39, 0.29) is 0 Å². The zero-order chi connectivity index (χ0) is 11.1. The van der Waals surface area contributed by atoms with Crippen LogP contribution in [0.2, 0.25) is 0 Å². The van der Waals surface area contributed by atoms with Gasteiger partial charge in [-0.1, -0.05) is 63.8 Å². The standard InChI is InChI=1S/C15H25/c1-4-8-13-11-7-12-14(9-5-2)15(13)10-6-3/h7,11-12,15H,4-6,8-10H2,1-3H3. The van der Waals surface area contributed by atoms with Gasteiger partial charge in [-0.2, -0.15) is 0 Å². The molecule has 0 heteroatoms. The molecule has 1 unspecified atom stereocenters. The molecule has 0 heterocycles. The highest BCUT2D eigenvalue weighted by molar-refractivity contribution is 5.33. The number of allylic oxidation sites excluding steroid dienone is 4. The van der Waals surface area contributed by atoms with Gasteiger partial charge in [0.05, 0.1) is 0 Å². The molecule has 0 saturated carbocycles. The van der Waals surface area contributed by atoms with Crippen LogP contribution in [0.1, 0.15) is 59.3 Å². The van der Waals surface area contributed by atoms with Crippen molar-refractivity contribution in [1.29, 1.82) is 0 Å². The fraction of sp³-hybridized carbons (Fsp3) is 0.667. The lowest BCUT2D eigenvalue weighted by atomic mass is 9.76. The van der Waals surface area contributed by atoms with Crippen LogP contribution in [0.3, 0.4) is 0 Å². The Labute approximate surface area is 95.5 Å². The van der Waals surface area contributed by atoms with Crippen LogP contribution in [0.5, 0.6) is 0 Å². The predicted molar refractivity (Wildman–Crippen MR) is 68.7 cm³/mol. The van der Waals surface area contributed by atoms with Gasteiger partial charge in [-0.25, -0.2) is 0 Å². The average Bonchev–Trinajstić information content (AvgIpc) is 2.23. The molecule has 15 heavy (non-hydrogen) atoms. The summed E-state index contributed by atoms with van der Waals surface area (Å²) in [5.74, 6) is 2.44. The van der Waals surface area contributed by atoms with Crippen LogP contribution >= 0.6 is 0 Å². The Balaban J connectivity index is 2.67. The lowest BCUT2D eigenvalue weighted by molar-refractivity contribution is 0.527. The first-order valence-corrected chi connectivity index (χ1v) is 6.56. The summed E-state index contributed by atoms with van der Waals surface area (Å²) < 4.78 is 0. The molecule has 1 atom stereocenters. The highest BCUT2D eigenvalue weighted by Gasteiger charge is 2.23. The van der Waals surface area contributed by atoms with Crippen LogP contribution in [0, 0.1) is 11.8 Å². The Morgan fingerprint density at radius 3 is 2.33 bits per heavy atom. The molecular formula is C15H25. The molecule has 1 radical (unpaired) electrons. The van der Waals surface area contributed by atoms with E-state index in [4.69, 9.17) is 0 Å². The minimum Gasteiger partial charge on any atom is -0.0768 e. The summed E-state index contributed by atoms with van der Waals surface area (Å²) in [4.78, 5) is 0. The molecule has 0 N–H and O–H groups in total. The van der Waals surface area contributed by atoms with Gasteiger partial charge in [0.15, 0.2) is 0 Å². The third-order valence-corrected chi connectivity index (χ3v) is 3.17. The molecule has 0 aromatic carbocycles. The van der Waals surface area contributed by atoms with Gasteiger partial charge < -0.3 is 0 Å². The second-order valence-corrected chi connectivity index (χ2v) is 4.52. The summed E-state index contributed by atoms with van der Waals surface area (Å²) in [5.41, 5.74) is 1.67. The first kappa shape index (κ1) is 12.5. The molecular weight excluding hydrogens is 180 g/mol. The zero-order valence-electron chi connectivity index (χ0n) is 10.6. The van der Waals surface area contributed by atoms with Gasteiger partial charge >= 0.3 is 0 Å². The maximum Gasteiger partial charge on any atom is 0.00470 e. The van der Waals surface area contributed by atoms with Gasteiger partial charge in [-0.05, 0) is 25.2 Å². The highest BCUT2D eigenvalue weighted by Crippen LogP contribution is 2.36. The van der Waals surface area contributed by atoms with E-state index in [0.29, 0.717) is 0 Å². The van der Waals surface area contributed by atoms with E-state index in [1.54, 1.807) is 11.5 Å². The summed E-state index contributed by atoms with van der Waals surface area (Å²) in [6, 6.07) is 0. The van der Waals surface area contributed by atoms with Gasteiger partial charge in [-0.3, -0.25) is 0 Å². The molecule has 85 valence electrons. The monoisotopic (exact) mass is 205 g/mol. The zero-order valence-corrected chi connectivity index (χ0v) is 10.6. The van der Waals surface area contributed by atoms with Crippen molar-refractivity contribution in [2.75, 3.05) is 0 Å². The molecule has 0 fully saturated rings. The fourth-order valence-electron chi connectivity index (χ4n) is 2.52. The van der Waals surface area contributed by atoms with Crippen LogP contribution < -0.4 is 0 Å². The molecule has 0 spiro atoms. The Morgan fingerprint density at radius 1 is 1.00 bits per heavy atom. The summed E-state index contributed by atoms with van der Waals surface area (Å²) in [6.45, 7) is 6.86. The third kappa shape index (κ3) is 3.52. The van der Waals surface area contributed by atoms with Gasteiger partial charge in [0.1, 0.15) is 0 Å². The number of hydrogen-bond acceptors (Lipinski definition) is 0. The van der Waals surface area contributed by atoms with Crippen LogP contribution in [0.25, 0.3) is 0 Å². The summed E-state index contributed by atoms with van der Waals surface area (Å²) >= 11 is 0. The lowest BCUT2D eigenvalue weighted by Gasteiger charge is -2.29. The fourth-order valence-corrected chi connectivity index (χ4v) is 2.52. The predicted octanol–water partition coefficient (Wildman–Crippen LogP) is 5.07.